The lowest BCUT2D eigenvalue weighted by molar-refractivity contribution is 0.480. The van der Waals surface area contributed by atoms with Crippen molar-refractivity contribution < 1.29 is 8.42 Å². The second-order valence-corrected chi connectivity index (χ2v) is 8.07. The van der Waals surface area contributed by atoms with Gasteiger partial charge in [-0.15, -0.1) is 11.3 Å². The molecule has 0 atom stereocenters. The molecule has 1 aromatic heterocycles. The maximum absolute atomic E-state index is 12.0. The van der Waals surface area contributed by atoms with Crippen LogP contribution < -0.4 is 10.5 Å². The first kappa shape index (κ1) is 15.0. The Morgan fingerprint density at radius 3 is 2.74 bits per heavy atom. The van der Waals surface area contributed by atoms with Gasteiger partial charge in [-0.2, -0.15) is 0 Å². The lowest BCUT2D eigenvalue weighted by Gasteiger charge is -2.09. The molecule has 6 heteroatoms. The second-order valence-electron chi connectivity index (χ2n) is 5.17. The molecule has 3 N–H and O–H groups in total. The van der Waals surface area contributed by atoms with E-state index in [4.69, 9.17) is 5.73 Å². The minimum Gasteiger partial charge on any atom is -0.326 e. The molecule has 0 bridgehead atoms. The molecule has 0 aromatic carbocycles. The first-order valence-electron chi connectivity index (χ1n) is 6.89. The van der Waals surface area contributed by atoms with E-state index in [1.807, 2.05) is 0 Å². The Hall–Kier alpha value is -0.430. The van der Waals surface area contributed by atoms with Crippen molar-refractivity contribution in [2.75, 3.05) is 6.54 Å². The van der Waals surface area contributed by atoms with Crippen LogP contribution >= 0.6 is 11.3 Å². The van der Waals surface area contributed by atoms with E-state index in [0.29, 0.717) is 17.3 Å². The number of hydrogen-bond donors (Lipinski definition) is 2. The largest absolute Gasteiger partial charge is 0.326 e. The Labute approximate surface area is 119 Å². The SMILES string of the molecule is NCc1csc(S(=O)(=O)NCCCC2CCCC2)c1. The van der Waals surface area contributed by atoms with Gasteiger partial charge in [0.05, 0.1) is 0 Å². The van der Waals surface area contributed by atoms with Crippen LogP contribution in [0.1, 0.15) is 44.1 Å². The van der Waals surface area contributed by atoms with Crippen LogP contribution in [-0.2, 0) is 16.6 Å². The van der Waals surface area contributed by atoms with Crippen molar-refractivity contribution >= 4 is 21.4 Å². The fraction of sp³-hybridized carbons (Fsp3) is 0.692. The molecule has 1 aromatic rings. The van der Waals surface area contributed by atoms with E-state index >= 15 is 0 Å². The van der Waals surface area contributed by atoms with Gasteiger partial charge in [0.1, 0.15) is 4.21 Å². The van der Waals surface area contributed by atoms with Crippen molar-refractivity contribution in [2.24, 2.45) is 11.7 Å². The highest BCUT2D eigenvalue weighted by atomic mass is 32.2. The highest BCUT2D eigenvalue weighted by Crippen LogP contribution is 2.28. The zero-order chi connectivity index (χ0) is 13.7. The Balaban J connectivity index is 1.77. The fourth-order valence-electron chi connectivity index (χ4n) is 2.57. The third-order valence-electron chi connectivity index (χ3n) is 3.69. The monoisotopic (exact) mass is 302 g/mol. The van der Waals surface area contributed by atoms with E-state index < -0.39 is 10.0 Å². The van der Waals surface area contributed by atoms with Gasteiger partial charge >= 0.3 is 0 Å². The Kier molecular flexibility index (Phi) is 5.38. The molecule has 0 spiro atoms. The molecule has 0 saturated heterocycles. The molecule has 2 rings (SSSR count). The summed E-state index contributed by atoms with van der Waals surface area (Å²) < 4.78 is 27.1. The average Bonchev–Trinajstić information content (AvgIpc) is 3.05. The molecular formula is C13H22N2O2S2. The topological polar surface area (TPSA) is 72.2 Å². The minimum absolute atomic E-state index is 0.369. The number of hydrogen-bond acceptors (Lipinski definition) is 4. The van der Waals surface area contributed by atoms with Crippen LogP contribution in [0.4, 0.5) is 0 Å². The summed E-state index contributed by atoms with van der Waals surface area (Å²) in [6, 6.07) is 1.66. The summed E-state index contributed by atoms with van der Waals surface area (Å²) >= 11 is 1.23. The van der Waals surface area contributed by atoms with Crippen molar-refractivity contribution in [3.05, 3.63) is 17.0 Å². The number of nitrogens with one attached hydrogen (secondary N) is 1. The molecule has 0 unspecified atom stereocenters. The van der Waals surface area contributed by atoms with Gasteiger partial charge in [-0.1, -0.05) is 25.7 Å². The highest BCUT2D eigenvalue weighted by Gasteiger charge is 2.17. The van der Waals surface area contributed by atoms with E-state index in [9.17, 15) is 8.42 Å². The second kappa shape index (κ2) is 6.83. The Morgan fingerprint density at radius 1 is 1.37 bits per heavy atom. The van der Waals surface area contributed by atoms with Crippen LogP contribution in [-0.4, -0.2) is 15.0 Å². The summed E-state index contributed by atoms with van der Waals surface area (Å²) in [5.41, 5.74) is 6.36. The zero-order valence-electron chi connectivity index (χ0n) is 11.1. The normalized spacial score (nSPS) is 17.1. The molecule has 1 fully saturated rings. The predicted octanol–water partition coefficient (Wildman–Crippen LogP) is 2.46. The van der Waals surface area contributed by atoms with Crippen molar-refractivity contribution in [1.82, 2.24) is 4.72 Å². The third kappa shape index (κ3) is 4.27. The number of nitrogens with two attached hydrogens (primary N) is 1. The summed E-state index contributed by atoms with van der Waals surface area (Å²) in [6.45, 7) is 0.919. The molecular weight excluding hydrogens is 280 g/mol. The number of thiophene rings is 1. The van der Waals surface area contributed by atoms with Crippen LogP contribution in [0.25, 0.3) is 0 Å². The molecule has 19 heavy (non-hydrogen) atoms. The van der Waals surface area contributed by atoms with Gasteiger partial charge in [0.2, 0.25) is 10.0 Å². The zero-order valence-corrected chi connectivity index (χ0v) is 12.7. The number of rotatable bonds is 7. The van der Waals surface area contributed by atoms with Crippen LogP contribution in [0.2, 0.25) is 0 Å². The molecule has 1 saturated carbocycles. The highest BCUT2D eigenvalue weighted by molar-refractivity contribution is 7.91. The third-order valence-corrected chi connectivity index (χ3v) is 6.64. The van der Waals surface area contributed by atoms with Crippen molar-refractivity contribution in [3.8, 4) is 0 Å². The quantitative estimate of drug-likeness (QED) is 0.760. The van der Waals surface area contributed by atoms with Crippen LogP contribution in [0.3, 0.4) is 0 Å². The van der Waals surface area contributed by atoms with Crippen LogP contribution in [0.15, 0.2) is 15.7 Å². The molecule has 4 nitrogen and oxygen atoms in total. The first-order chi connectivity index (χ1) is 9.12. The van der Waals surface area contributed by atoms with E-state index in [2.05, 4.69) is 4.72 Å². The lowest BCUT2D eigenvalue weighted by Crippen LogP contribution is -2.24. The van der Waals surface area contributed by atoms with Gasteiger partial charge in [-0.3, -0.25) is 0 Å². The molecule has 0 aliphatic heterocycles. The molecule has 1 aliphatic carbocycles. The molecule has 0 radical (unpaired) electrons. The first-order valence-corrected chi connectivity index (χ1v) is 9.25. The summed E-state index contributed by atoms with van der Waals surface area (Å²) in [7, 11) is -3.33. The Bertz CT molecular complexity index is 490. The van der Waals surface area contributed by atoms with Gasteiger partial charge in [0, 0.05) is 13.1 Å². The molecule has 1 heterocycles. The van der Waals surface area contributed by atoms with Crippen LogP contribution in [0.5, 0.6) is 0 Å². The maximum Gasteiger partial charge on any atom is 0.250 e. The van der Waals surface area contributed by atoms with Crippen LogP contribution in [0, 0.1) is 5.92 Å². The van der Waals surface area contributed by atoms with Gasteiger partial charge in [-0.25, -0.2) is 13.1 Å². The smallest absolute Gasteiger partial charge is 0.250 e. The van der Waals surface area contributed by atoms with E-state index in [1.54, 1.807) is 11.4 Å². The van der Waals surface area contributed by atoms with E-state index in [0.717, 1.165) is 24.3 Å². The standard InChI is InChI=1S/C13H22N2O2S2/c14-9-12-8-13(18-10-12)19(16,17)15-7-3-6-11-4-1-2-5-11/h8,10-11,15H,1-7,9,14H2. The summed E-state index contributed by atoms with van der Waals surface area (Å²) in [6.07, 6.45) is 7.38. The van der Waals surface area contributed by atoms with E-state index in [1.165, 1.54) is 37.0 Å². The Morgan fingerprint density at radius 2 is 2.11 bits per heavy atom. The minimum atomic E-state index is -3.33. The maximum atomic E-state index is 12.0. The summed E-state index contributed by atoms with van der Waals surface area (Å²) in [5, 5.41) is 1.80. The van der Waals surface area contributed by atoms with Gasteiger partial charge in [0.25, 0.3) is 0 Å². The van der Waals surface area contributed by atoms with Gasteiger partial charge in [0.15, 0.2) is 0 Å². The van der Waals surface area contributed by atoms with Crippen molar-refractivity contribution in [3.63, 3.8) is 0 Å². The summed E-state index contributed by atoms with van der Waals surface area (Å²) in [4.78, 5) is 0. The van der Waals surface area contributed by atoms with Crippen molar-refractivity contribution in [2.45, 2.75) is 49.3 Å². The summed E-state index contributed by atoms with van der Waals surface area (Å²) in [5.74, 6) is 0.815. The van der Waals surface area contributed by atoms with Gasteiger partial charge < -0.3 is 5.73 Å². The number of sulfonamides is 1. The van der Waals surface area contributed by atoms with Crippen molar-refractivity contribution in [1.29, 1.82) is 0 Å². The molecule has 1 aliphatic rings. The predicted molar refractivity (Wildman–Crippen MR) is 78.6 cm³/mol. The van der Waals surface area contributed by atoms with Gasteiger partial charge in [-0.05, 0) is 35.8 Å². The van der Waals surface area contributed by atoms with E-state index in [-0.39, 0.29) is 0 Å². The lowest BCUT2D eigenvalue weighted by atomic mass is 10.0. The molecule has 0 amide bonds. The average molecular weight is 302 g/mol. The fourth-order valence-corrected chi connectivity index (χ4v) is 4.91. The molecule has 108 valence electrons.